The van der Waals surface area contributed by atoms with Gasteiger partial charge in [-0.1, -0.05) is 13.3 Å². The number of nitrogens with zero attached hydrogens (tertiary/aromatic N) is 2. The lowest BCUT2D eigenvalue weighted by molar-refractivity contribution is -0.119. The Hall–Kier alpha value is -1.36. The minimum absolute atomic E-state index is 0.0719. The summed E-state index contributed by atoms with van der Waals surface area (Å²) >= 11 is 0. The molecular formula is C16H28N4O. The zero-order valence-electron chi connectivity index (χ0n) is 13.9. The van der Waals surface area contributed by atoms with Crippen molar-refractivity contribution in [3.05, 3.63) is 11.4 Å². The second-order valence-electron chi connectivity index (χ2n) is 6.38. The highest BCUT2D eigenvalue weighted by atomic mass is 16.2. The van der Waals surface area contributed by atoms with Gasteiger partial charge in [-0.2, -0.15) is 5.10 Å². The molecule has 0 radical (unpaired) electrons. The molecule has 0 bridgehead atoms. The van der Waals surface area contributed by atoms with Gasteiger partial charge in [0.05, 0.1) is 23.1 Å². The molecule has 1 aliphatic rings. The van der Waals surface area contributed by atoms with Crippen molar-refractivity contribution in [2.45, 2.75) is 66.0 Å². The Morgan fingerprint density at radius 1 is 1.48 bits per heavy atom. The predicted octanol–water partition coefficient (Wildman–Crippen LogP) is 2.80. The predicted molar refractivity (Wildman–Crippen MR) is 85.5 cm³/mol. The molecule has 1 amide bonds. The quantitative estimate of drug-likeness (QED) is 0.897. The van der Waals surface area contributed by atoms with E-state index in [0.717, 1.165) is 36.5 Å². The first kappa shape index (κ1) is 16.0. The first-order valence-corrected chi connectivity index (χ1v) is 8.04. The molecule has 2 heterocycles. The van der Waals surface area contributed by atoms with E-state index in [4.69, 9.17) is 0 Å². The fourth-order valence-corrected chi connectivity index (χ4v) is 3.12. The van der Waals surface area contributed by atoms with Crippen molar-refractivity contribution in [3.63, 3.8) is 0 Å². The van der Waals surface area contributed by atoms with Gasteiger partial charge >= 0.3 is 0 Å². The van der Waals surface area contributed by atoms with Crippen LogP contribution >= 0.6 is 0 Å². The van der Waals surface area contributed by atoms with Crippen molar-refractivity contribution in [1.82, 2.24) is 15.1 Å². The Morgan fingerprint density at radius 2 is 2.19 bits per heavy atom. The summed E-state index contributed by atoms with van der Waals surface area (Å²) in [5, 5.41) is 10.9. The van der Waals surface area contributed by atoms with Gasteiger partial charge < -0.3 is 10.6 Å². The summed E-state index contributed by atoms with van der Waals surface area (Å²) in [6.45, 7) is 11.3. The van der Waals surface area contributed by atoms with E-state index in [2.05, 4.69) is 36.5 Å². The van der Waals surface area contributed by atoms with Crippen molar-refractivity contribution in [3.8, 4) is 0 Å². The number of carbonyl (C=O) groups excluding carboxylic acids is 1. The van der Waals surface area contributed by atoms with Crippen LogP contribution in [0.3, 0.4) is 0 Å². The summed E-state index contributed by atoms with van der Waals surface area (Å²) in [5.74, 6) is 0.727. The van der Waals surface area contributed by atoms with Crippen molar-refractivity contribution in [2.24, 2.45) is 5.92 Å². The topological polar surface area (TPSA) is 59.0 Å². The number of amides is 1. The molecule has 5 heteroatoms. The third kappa shape index (κ3) is 3.46. The Morgan fingerprint density at radius 3 is 2.76 bits per heavy atom. The second kappa shape index (κ2) is 6.60. The van der Waals surface area contributed by atoms with Gasteiger partial charge in [0.2, 0.25) is 5.91 Å². The molecule has 0 spiro atoms. The number of nitrogens with one attached hydrogen (secondary N) is 2. The normalized spacial score (nSPS) is 22.6. The van der Waals surface area contributed by atoms with Crippen molar-refractivity contribution in [1.29, 1.82) is 0 Å². The summed E-state index contributed by atoms with van der Waals surface area (Å²) in [6.07, 6.45) is 3.25. The van der Waals surface area contributed by atoms with Crippen LogP contribution in [-0.2, 0) is 4.79 Å². The van der Waals surface area contributed by atoms with Crippen LogP contribution in [0.15, 0.2) is 0 Å². The molecule has 2 unspecified atom stereocenters. The van der Waals surface area contributed by atoms with Gasteiger partial charge in [-0.3, -0.25) is 9.48 Å². The maximum atomic E-state index is 12.5. The van der Waals surface area contributed by atoms with Crippen LogP contribution in [-0.4, -0.2) is 28.3 Å². The summed E-state index contributed by atoms with van der Waals surface area (Å²) in [7, 11) is 0. The van der Waals surface area contributed by atoms with E-state index in [9.17, 15) is 4.79 Å². The molecule has 1 aliphatic heterocycles. The van der Waals surface area contributed by atoms with Crippen LogP contribution in [0.4, 0.5) is 5.69 Å². The molecule has 118 valence electrons. The number of carbonyl (C=O) groups is 1. The van der Waals surface area contributed by atoms with E-state index in [0.29, 0.717) is 12.0 Å². The highest BCUT2D eigenvalue weighted by Gasteiger charge is 2.27. The molecule has 1 fully saturated rings. The number of hydrogen-bond donors (Lipinski definition) is 2. The Kier molecular flexibility index (Phi) is 5.04. The first-order valence-electron chi connectivity index (χ1n) is 8.04. The van der Waals surface area contributed by atoms with Crippen LogP contribution < -0.4 is 10.6 Å². The Balaban J connectivity index is 2.09. The molecule has 5 nitrogen and oxygen atoms in total. The zero-order valence-corrected chi connectivity index (χ0v) is 13.9. The van der Waals surface area contributed by atoms with Crippen LogP contribution in [0.1, 0.15) is 57.5 Å². The summed E-state index contributed by atoms with van der Waals surface area (Å²) in [5.41, 5.74) is 2.78. The van der Waals surface area contributed by atoms with Crippen LogP contribution in [0.2, 0.25) is 0 Å². The molecule has 1 aromatic rings. The Bertz CT molecular complexity index is 507. The highest BCUT2D eigenvalue weighted by Crippen LogP contribution is 2.24. The number of rotatable bonds is 4. The van der Waals surface area contributed by atoms with E-state index in [1.165, 1.54) is 6.42 Å². The lowest BCUT2D eigenvalue weighted by atomic mass is 9.90. The molecule has 1 aromatic heterocycles. The third-order valence-electron chi connectivity index (χ3n) is 4.47. The molecular weight excluding hydrogens is 264 g/mol. The molecule has 0 aromatic carbocycles. The lowest BCUT2D eigenvalue weighted by Crippen LogP contribution is -2.46. The minimum Gasteiger partial charge on any atom is -0.322 e. The minimum atomic E-state index is -0.0788. The van der Waals surface area contributed by atoms with Gasteiger partial charge in [-0.05, 0) is 53.0 Å². The summed E-state index contributed by atoms with van der Waals surface area (Å²) in [6, 6.07) is 0.219. The van der Waals surface area contributed by atoms with E-state index in [-0.39, 0.29) is 11.9 Å². The smallest absolute Gasteiger partial charge is 0.241 e. The van der Waals surface area contributed by atoms with E-state index in [1.54, 1.807) is 0 Å². The second-order valence-corrected chi connectivity index (χ2v) is 6.38. The van der Waals surface area contributed by atoms with E-state index < -0.39 is 0 Å². The fourth-order valence-electron chi connectivity index (χ4n) is 3.12. The number of hydrogen-bond acceptors (Lipinski definition) is 3. The van der Waals surface area contributed by atoms with Gasteiger partial charge in [0.15, 0.2) is 0 Å². The number of piperidine rings is 1. The molecule has 2 rings (SSSR count). The number of aromatic nitrogens is 2. The molecule has 2 atom stereocenters. The Labute approximate surface area is 127 Å². The molecule has 0 saturated carbocycles. The van der Waals surface area contributed by atoms with Crippen molar-refractivity contribution in [2.75, 3.05) is 11.9 Å². The van der Waals surface area contributed by atoms with Crippen LogP contribution in [0.25, 0.3) is 0 Å². The highest BCUT2D eigenvalue weighted by molar-refractivity contribution is 5.95. The average molecular weight is 292 g/mol. The third-order valence-corrected chi connectivity index (χ3v) is 4.47. The van der Waals surface area contributed by atoms with Gasteiger partial charge in [0, 0.05) is 6.04 Å². The SMILES string of the molecule is CCC1CCNC(C(=O)Nc2c(C)nn(C(C)C)c2C)C1. The number of aryl methyl sites for hydroxylation is 1. The van der Waals surface area contributed by atoms with E-state index >= 15 is 0 Å². The van der Waals surface area contributed by atoms with Gasteiger partial charge in [0.25, 0.3) is 0 Å². The standard InChI is InChI=1S/C16H28N4O/c1-6-13-7-8-17-14(9-13)16(21)18-15-11(4)19-20(10(2)3)12(15)5/h10,13-14,17H,6-9H2,1-5H3,(H,18,21). The van der Waals surface area contributed by atoms with Crippen molar-refractivity contribution >= 4 is 11.6 Å². The monoisotopic (exact) mass is 292 g/mol. The number of anilines is 1. The zero-order chi connectivity index (χ0) is 15.6. The van der Waals surface area contributed by atoms with E-state index in [1.807, 2.05) is 18.5 Å². The summed E-state index contributed by atoms with van der Waals surface area (Å²) < 4.78 is 1.97. The summed E-state index contributed by atoms with van der Waals surface area (Å²) in [4.78, 5) is 12.5. The maximum absolute atomic E-state index is 12.5. The van der Waals surface area contributed by atoms with Crippen LogP contribution in [0.5, 0.6) is 0 Å². The molecule has 21 heavy (non-hydrogen) atoms. The maximum Gasteiger partial charge on any atom is 0.241 e. The fraction of sp³-hybridized carbons (Fsp3) is 0.750. The largest absolute Gasteiger partial charge is 0.322 e. The van der Waals surface area contributed by atoms with Gasteiger partial charge in [-0.25, -0.2) is 0 Å². The lowest BCUT2D eigenvalue weighted by Gasteiger charge is -2.28. The van der Waals surface area contributed by atoms with Gasteiger partial charge in [-0.15, -0.1) is 0 Å². The first-order chi connectivity index (χ1) is 9.93. The average Bonchev–Trinajstić information content (AvgIpc) is 2.75. The van der Waals surface area contributed by atoms with Crippen LogP contribution in [0, 0.1) is 19.8 Å². The van der Waals surface area contributed by atoms with Crippen molar-refractivity contribution < 1.29 is 4.79 Å². The molecule has 0 aliphatic carbocycles. The molecule has 1 saturated heterocycles. The molecule has 2 N–H and O–H groups in total. The van der Waals surface area contributed by atoms with Gasteiger partial charge in [0.1, 0.15) is 0 Å².